The average Bonchev–Trinajstić information content (AvgIpc) is 3.02. The maximum Gasteiger partial charge on any atom is 0.475 e. The third kappa shape index (κ3) is 4.06. The van der Waals surface area contributed by atoms with Crippen molar-refractivity contribution >= 4 is 23.6 Å². The van der Waals surface area contributed by atoms with E-state index >= 15 is 0 Å². The Morgan fingerprint density at radius 1 is 1.03 bits per heavy atom. The first-order valence-corrected chi connectivity index (χ1v) is 19.3. The molecule has 0 amide bonds. The number of rotatable bonds is 7. The lowest BCUT2D eigenvalue weighted by Gasteiger charge is -2.64. The van der Waals surface area contributed by atoms with Crippen molar-refractivity contribution < 1.29 is 14.0 Å². The van der Waals surface area contributed by atoms with Crippen LogP contribution in [0.4, 0.5) is 0 Å². The second-order valence-electron chi connectivity index (χ2n) is 13.2. The molecule has 1 aromatic rings. The summed E-state index contributed by atoms with van der Waals surface area (Å²) in [6.07, 6.45) is 3.62. The first kappa shape index (κ1) is 24.5. The minimum Gasteiger partial charge on any atom is -0.497 e. The monoisotopic (exact) mass is 473 g/mol. The molecule has 4 nitrogen and oxygen atoms in total. The van der Waals surface area contributed by atoms with Gasteiger partial charge in [0.2, 0.25) is 0 Å². The second kappa shape index (κ2) is 7.97. The average molecular weight is 474 g/mol. The second-order valence-corrected chi connectivity index (χ2v) is 23.3. The number of benzene rings is 1. The molecule has 5 rings (SSSR count). The van der Waals surface area contributed by atoms with E-state index in [-0.39, 0.29) is 24.8 Å². The summed E-state index contributed by atoms with van der Waals surface area (Å²) in [5.41, 5.74) is 1.53. The first-order chi connectivity index (χ1) is 14.7. The van der Waals surface area contributed by atoms with Crippen LogP contribution in [0.15, 0.2) is 24.3 Å². The van der Waals surface area contributed by atoms with Crippen molar-refractivity contribution in [2.24, 2.45) is 17.3 Å². The third-order valence-electron chi connectivity index (χ3n) is 8.66. The van der Waals surface area contributed by atoms with Crippen molar-refractivity contribution in [3.8, 4) is 5.75 Å². The Kier molecular flexibility index (Phi) is 6.11. The zero-order chi connectivity index (χ0) is 23.7. The summed E-state index contributed by atoms with van der Waals surface area (Å²) >= 11 is 0. The molecule has 7 heteroatoms. The fourth-order valence-electron chi connectivity index (χ4n) is 7.38. The van der Waals surface area contributed by atoms with Gasteiger partial charge in [-0.1, -0.05) is 65.3 Å². The van der Waals surface area contributed by atoms with Crippen LogP contribution in [0, 0.1) is 17.3 Å². The molecule has 4 fully saturated rings. The van der Waals surface area contributed by atoms with Crippen LogP contribution in [0.3, 0.4) is 0 Å². The molecular formula is C25H44BNO3Si2. The molecule has 32 heavy (non-hydrogen) atoms. The van der Waals surface area contributed by atoms with Crippen LogP contribution in [0.5, 0.6) is 5.75 Å². The minimum atomic E-state index is -1.62. The van der Waals surface area contributed by atoms with Gasteiger partial charge >= 0.3 is 7.12 Å². The van der Waals surface area contributed by atoms with Crippen molar-refractivity contribution in [3.63, 3.8) is 0 Å². The van der Waals surface area contributed by atoms with E-state index in [0.29, 0.717) is 11.3 Å². The van der Waals surface area contributed by atoms with E-state index in [2.05, 4.69) is 88.5 Å². The predicted molar refractivity (Wildman–Crippen MR) is 139 cm³/mol. The van der Waals surface area contributed by atoms with E-state index in [9.17, 15) is 0 Å². The molecule has 0 aromatic heterocycles. The van der Waals surface area contributed by atoms with Crippen molar-refractivity contribution in [2.75, 3.05) is 7.11 Å². The van der Waals surface area contributed by atoms with Crippen molar-refractivity contribution in [3.05, 3.63) is 29.8 Å². The van der Waals surface area contributed by atoms with Crippen molar-refractivity contribution in [1.82, 2.24) is 4.23 Å². The highest BCUT2D eigenvalue weighted by molar-refractivity contribution is 6.90. The number of methoxy groups -OCH3 is 1. The molecular weight excluding hydrogens is 429 g/mol. The highest BCUT2D eigenvalue weighted by atomic mass is 28.4. The SMILES string of the molecule is COc1ccc(C[C@@H](B2O[C@@H]3C[C@@H]4C[C@@H](C4(C)C)[C@]3(C)O2)N([Si](C)(C)C)[Si](C)(C)C)cc1. The van der Waals surface area contributed by atoms with E-state index in [1.807, 2.05) is 0 Å². The van der Waals surface area contributed by atoms with Gasteiger partial charge in [0.15, 0.2) is 0 Å². The fourth-order valence-corrected chi connectivity index (χ4v) is 17.8. The van der Waals surface area contributed by atoms with Crippen LogP contribution in [0.25, 0.3) is 0 Å². The molecule has 0 spiro atoms. The predicted octanol–water partition coefficient (Wildman–Crippen LogP) is 5.85. The lowest BCUT2D eigenvalue weighted by molar-refractivity contribution is -0.199. The summed E-state index contributed by atoms with van der Waals surface area (Å²) in [7, 11) is -1.68. The van der Waals surface area contributed by atoms with Gasteiger partial charge in [0.1, 0.15) is 22.2 Å². The molecule has 1 aromatic carbocycles. The van der Waals surface area contributed by atoms with Crippen LogP contribution >= 0.6 is 0 Å². The van der Waals surface area contributed by atoms with Crippen LogP contribution < -0.4 is 4.74 Å². The Balaban J connectivity index is 1.68. The van der Waals surface area contributed by atoms with Crippen LogP contribution in [0.1, 0.15) is 39.2 Å². The maximum atomic E-state index is 7.05. The molecule has 2 bridgehead atoms. The molecule has 0 N–H and O–H groups in total. The fraction of sp³-hybridized carbons (Fsp3) is 0.760. The molecule has 4 aliphatic rings. The normalized spacial score (nSPS) is 32.5. The topological polar surface area (TPSA) is 30.9 Å². The molecule has 5 atom stereocenters. The van der Waals surface area contributed by atoms with Gasteiger partial charge in [-0.15, -0.1) is 0 Å². The number of hydrogen-bond acceptors (Lipinski definition) is 4. The molecule has 1 aliphatic heterocycles. The minimum absolute atomic E-state index is 0.161. The van der Waals surface area contributed by atoms with Gasteiger partial charge in [-0.25, -0.2) is 0 Å². The van der Waals surface area contributed by atoms with Gasteiger partial charge in [-0.05, 0) is 61.1 Å². The van der Waals surface area contributed by atoms with E-state index < -0.39 is 16.5 Å². The summed E-state index contributed by atoms with van der Waals surface area (Å²) in [4.78, 5) is 0. The molecule has 0 radical (unpaired) electrons. The van der Waals surface area contributed by atoms with E-state index in [1.165, 1.54) is 12.0 Å². The molecule has 3 aliphatic carbocycles. The molecule has 1 saturated heterocycles. The third-order valence-corrected chi connectivity index (χ3v) is 16.2. The van der Waals surface area contributed by atoms with Gasteiger partial charge in [-0.3, -0.25) is 0 Å². The quantitative estimate of drug-likeness (QED) is 0.465. The Bertz CT molecular complexity index is 821. The zero-order valence-electron chi connectivity index (χ0n) is 22.0. The van der Waals surface area contributed by atoms with Crippen LogP contribution in [-0.2, 0) is 15.7 Å². The van der Waals surface area contributed by atoms with Gasteiger partial charge < -0.3 is 18.3 Å². The largest absolute Gasteiger partial charge is 0.497 e. The van der Waals surface area contributed by atoms with Gasteiger partial charge in [0.25, 0.3) is 0 Å². The lowest BCUT2D eigenvalue weighted by atomic mass is 9.43. The summed E-state index contributed by atoms with van der Waals surface area (Å²) in [6.45, 7) is 22.1. The number of nitrogens with zero attached hydrogens (tertiary/aromatic N) is 1. The Hall–Kier alpha value is -0.601. The first-order valence-electron chi connectivity index (χ1n) is 12.4. The number of hydrogen-bond donors (Lipinski definition) is 0. The molecule has 3 saturated carbocycles. The zero-order valence-corrected chi connectivity index (χ0v) is 24.0. The van der Waals surface area contributed by atoms with E-state index in [4.69, 9.17) is 14.0 Å². The smallest absolute Gasteiger partial charge is 0.475 e. The van der Waals surface area contributed by atoms with Crippen LogP contribution in [-0.4, -0.2) is 52.6 Å². The Morgan fingerprint density at radius 3 is 2.12 bits per heavy atom. The standard InChI is InChI=1S/C25H44BNO3Si2/c1-24(2)19-16-21(24)25(3)22(17-19)29-26(30-25)23(27(31(5,6)7)32(8,9)10)15-18-11-13-20(28-4)14-12-18/h11-14,19,21-23H,15-17H2,1-10H3/t19-,21-,22+,23-,25-/m0/s1. The molecule has 178 valence electrons. The molecule has 1 heterocycles. The maximum absolute atomic E-state index is 7.05. The van der Waals surface area contributed by atoms with Gasteiger partial charge in [0.05, 0.1) is 18.8 Å². The Morgan fingerprint density at radius 2 is 1.62 bits per heavy atom. The van der Waals surface area contributed by atoms with Gasteiger partial charge in [-0.2, -0.15) is 0 Å². The van der Waals surface area contributed by atoms with Crippen LogP contribution in [0.2, 0.25) is 39.3 Å². The van der Waals surface area contributed by atoms with Gasteiger partial charge in [0, 0.05) is 5.94 Å². The lowest BCUT2D eigenvalue weighted by Crippen LogP contribution is -2.68. The highest BCUT2D eigenvalue weighted by Crippen LogP contribution is 2.65. The molecule has 0 unspecified atom stereocenters. The Labute approximate surface area is 198 Å². The summed E-state index contributed by atoms with van der Waals surface area (Å²) in [5.74, 6) is 2.52. The van der Waals surface area contributed by atoms with E-state index in [1.54, 1.807) is 7.11 Å². The highest BCUT2D eigenvalue weighted by Gasteiger charge is 2.69. The summed E-state index contributed by atoms with van der Waals surface area (Å²) < 4.78 is 22.2. The summed E-state index contributed by atoms with van der Waals surface area (Å²) in [5, 5.41) is 0. The van der Waals surface area contributed by atoms with Crippen molar-refractivity contribution in [1.29, 1.82) is 0 Å². The van der Waals surface area contributed by atoms with E-state index in [0.717, 1.165) is 24.5 Å². The summed E-state index contributed by atoms with van der Waals surface area (Å²) in [6, 6.07) is 8.58. The van der Waals surface area contributed by atoms with Crippen molar-refractivity contribution in [2.45, 2.75) is 97.0 Å². The number of ether oxygens (including phenoxy) is 1.